The van der Waals surface area contributed by atoms with Crippen molar-refractivity contribution < 1.29 is 22.0 Å². The largest absolute Gasteiger partial charge is 0.361 e. The second-order valence-corrected chi connectivity index (χ2v) is 37.1. The van der Waals surface area contributed by atoms with Gasteiger partial charge >= 0.3 is 22.8 Å². The van der Waals surface area contributed by atoms with Crippen molar-refractivity contribution in [3.05, 3.63) is 402 Å². The predicted octanol–water partition coefficient (Wildman–Crippen LogP) is 19.0. The van der Waals surface area contributed by atoms with E-state index in [1.54, 1.807) is 84.3 Å². The maximum atomic E-state index is 13.6. The Hall–Kier alpha value is -16.2. The van der Waals surface area contributed by atoms with Crippen LogP contribution in [0.3, 0.4) is 0 Å². The van der Waals surface area contributed by atoms with Crippen molar-refractivity contribution in [1.29, 1.82) is 0 Å². The standard InChI is InChI=1S/C29H28FN5O2.C27H29N7O2.2C26H28F2N4O2/c1-19(2)16-35-25-18-34(17-20-7-9-21(10-8-20)24-6-4-5-15-31-24)27(26(25)28(36)33(3)29(35)37)32-23-13-11-22(30)12-14-23;1-18(2)14-33-24-19(3)32(15-23(24)26(35)31(4)27(33)36)25(30-21-8-6-5-7-9-21)20-10-12-22(13-11-20)34-17-28-16-29-34;1-17(2)14-32-21-16-31(15-18-10-12-19(13-11-18)26(3,27)28)23(29-20-8-6-5-7-9-20)22(21)24(33)30(4)25(32)34;1-17(2)14-32-22-21(24(33)30(4)25(32)34)16-31(23(22)29-20-8-6-5-7-9-20)15-18-10-12-19(13-11-18)26(3,27)28/h4-15,18-19,32H,16-17H2,1-3H3;5-13,15-18,25,30H,14H2,1-4H3;2*5-13,16-17,29H,14-15H2,1-4H3. The summed E-state index contributed by atoms with van der Waals surface area (Å²) in [5.74, 6) is -3.67. The number of hydrogen-bond acceptors (Lipinski definition) is 15. The van der Waals surface area contributed by atoms with E-state index in [9.17, 15) is 60.3 Å². The minimum atomic E-state index is -2.92. The van der Waals surface area contributed by atoms with E-state index >= 15 is 0 Å². The summed E-state index contributed by atoms with van der Waals surface area (Å²) in [5.41, 5.74) is 9.72. The summed E-state index contributed by atoms with van der Waals surface area (Å²) in [5, 5.41) is 19.6. The molecule has 0 aliphatic heterocycles. The summed E-state index contributed by atoms with van der Waals surface area (Å²) >= 11 is 0. The number of aryl methyl sites for hydroxylation is 1. The highest BCUT2D eigenvalue weighted by Crippen LogP contribution is 2.36. The number of fused-ring (bicyclic) bond motifs is 4. The molecule has 0 radical (unpaired) electrons. The van der Waals surface area contributed by atoms with Crippen LogP contribution in [0.4, 0.5) is 62.2 Å². The number of aromatic nitrogens is 16. The number of anilines is 7. The van der Waals surface area contributed by atoms with Crippen LogP contribution in [0.1, 0.15) is 114 Å². The van der Waals surface area contributed by atoms with Crippen molar-refractivity contribution in [1.82, 2.24) is 74.6 Å². The predicted molar refractivity (Wildman–Crippen MR) is 548 cm³/mol. The lowest BCUT2D eigenvalue weighted by molar-refractivity contribution is 0.0168. The first-order valence-corrected chi connectivity index (χ1v) is 46.5. The molecule has 4 N–H and O–H groups in total. The number of alkyl halides is 4. The van der Waals surface area contributed by atoms with Crippen molar-refractivity contribution in [3.63, 3.8) is 0 Å². The van der Waals surface area contributed by atoms with Gasteiger partial charge in [-0.2, -0.15) is 5.10 Å². The lowest BCUT2D eigenvalue weighted by Crippen LogP contribution is -2.38. The molecule has 0 aliphatic rings. The molecule has 0 saturated heterocycles. The first-order chi connectivity index (χ1) is 67.3. The fourth-order valence-corrected chi connectivity index (χ4v) is 17.2. The second kappa shape index (κ2) is 42.0. The van der Waals surface area contributed by atoms with E-state index < -0.39 is 17.4 Å². The van der Waals surface area contributed by atoms with Crippen LogP contribution in [0.15, 0.2) is 313 Å². The minimum absolute atomic E-state index is 0.0591. The molecule has 1 unspecified atom stereocenters. The zero-order valence-corrected chi connectivity index (χ0v) is 81.1. The van der Waals surface area contributed by atoms with Gasteiger partial charge in [0.05, 0.1) is 38.7 Å². The van der Waals surface area contributed by atoms with Crippen LogP contribution >= 0.6 is 0 Å². The van der Waals surface area contributed by atoms with E-state index in [2.05, 4.69) is 50.2 Å². The third-order valence-electron chi connectivity index (χ3n) is 24.2. The Balaban J connectivity index is 0.000000142. The maximum Gasteiger partial charge on any atom is 0.331 e. The fraction of sp³-hybridized carbons (Fsp3) is 0.269. The molecule has 0 spiro atoms. The van der Waals surface area contributed by atoms with Gasteiger partial charge in [0.2, 0.25) is 0 Å². The quantitative estimate of drug-likeness (QED) is 0.0332. The van der Waals surface area contributed by atoms with Crippen molar-refractivity contribution >= 4 is 83.8 Å². The van der Waals surface area contributed by atoms with Crippen LogP contribution in [-0.2, 0) is 85.8 Å². The van der Waals surface area contributed by atoms with Gasteiger partial charge in [-0.3, -0.25) is 60.7 Å². The zero-order valence-electron chi connectivity index (χ0n) is 81.1. The molecule has 0 amide bonds. The van der Waals surface area contributed by atoms with Crippen LogP contribution in [-0.4, -0.2) is 74.6 Å². The third-order valence-corrected chi connectivity index (χ3v) is 24.2. The Morgan fingerprint density at radius 1 is 0.390 bits per heavy atom. The molecule has 728 valence electrons. The number of pyridine rings is 1. The molecule has 1 atom stereocenters. The number of nitrogens with zero attached hydrogens (tertiary/aromatic N) is 16. The minimum Gasteiger partial charge on any atom is -0.361 e. The Bertz CT molecular complexity index is 7970. The van der Waals surface area contributed by atoms with Crippen LogP contribution in [0.5, 0.6) is 0 Å². The third kappa shape index (κ3) is 22.0. The van der Waals surface area contributed by atoms with Crippen molar-refractivity contribution in [3.8, 4) is 16.9 Å². The molecule has 0 fully saturated rings. The molecule has 8 aromatic carbocycles. The van der Waals surface area contributed by atoms with Gasteiger partial charge in [-0.25, -0.2) is 50.8 Å². The van der Waals surface area contributed by atoms with Gasteiger partial charge in [-0.1, -0.05) is 201 Å². The number of hydrogen-bond donors (Lipinski definition) is 4. The van der Waals surface area contributed by atoms with Gasteiger partial charge < -0.3 is 39.5 Å². The normalized spacial score (nSPS) is 11.9. The Labute approximate surface area is 808 Å². The van der Waals surface area contributed by atoms with Crippen molar-refractivity contribution in [2.45, 2.75) is 140 Å². The maximum absolute atomic E-state index is 13.6. The highest BCUT2D eigenvalue weighted by molar-refractivity contribution is 5.94. The number of rotatable bonds is 28. The smallest absolute Gasteiger partial charge is 0.331 e. The SMILES string of the molecule is CC(C)Cn1c(=O)n(C)c(=O)c2c(Nc3ccc(F)cc3)n(Cc3ccc(-c4ccccn4)cc3)cc21.CC(C)Cn1c(=O)n(C)c(=O)c2c(Nc3ccccc3)n(Cc3ccc(C(C)(F)F)cc3)cc21.CC(C)Cn1c(=O)n(C)c(=O)c2cn(Cc3ccc(C(C)(F)F)cc3)c(Nc3ccccc3)c21.Cc1c2c(cn1C(Nc1ccccc1)c1ccc(-n3cncn3)cc1)c(=O)n(C)c(=O)n2CC(C)C. The van der Waals surface area contributed by atoms with Crippen LogP contribution in [0, 0.1) is 36.4 Å². The van der Waals surface area contributed by atoms with Crippen LogP contribution in [0.2, 0.25) is 0 Å². The average Bonchev–Trinajstić information content (AvgIpc) is 1.63. The van der Waals surface area contributed by atoms with Crippen LogP contribution in [0.25, 0.3) is 60.6 Å². The Morgan fingerprint density at radius 3 is 1.19 bits per heavy atom. The van der Waals surface area contributed by atoms with E-state index in [-0.39, 0.29) is 86.2 Å². The summed E-state index contributed by atoms with van der Waals surface area (Å²) in [4.78, 5) is 113. The van der Waals surface area contributed by atoms with E-state index in [1.807, 2.05) is 237 Å². The lowest BCUT2D eigenvalue weighted by Gasteiger charge is -2.24. The molecule has 33 heteroatoms. The second-order valence-electron chi connectivity index (χ2n) is 37.1. The summed E-state index contributed by atoms with van der Waals surface area (Å²) in [6.45, 7) is 22.9. The van der Waals surface area contributed by atoms with Crippen LogP contribution < -0.4 is 66.3 Å². The van der Waals surface area contributed by atoms with E-state index in [4.69, 9.17) is 0 Å². The molecule has 0 saturated carbocycles. The summed E-state index contributed by atoms with van der Waals surface area (Å²) in [7, 11) is 5.99. The number of nitrogens with one attached hydrogen (secondary N) is 4. The van der Waals surface area contributed by atoms with E-state index in [1.165, 1.54) is 75.5 Å². The molecule has 10 aromatic heterocycles. The van der Waals surface area contributed by atoms with Gasteiger partial charge in [0.25, 0.3) is 34.1 Å². The van der Waals surface area contributed by atoms with E-state index in [0.29, 0.717) is 113 Å². The highest BCUT2D eigenvalue weighted by atomic mass is 19.3. The molecule has 141 heavy (non-hydrogen) atoms. The summed E-state index contributed by atoms with van der Waals surface area (Å²) < 4.78 is 88.7. The van der Waals surface area contributed by atoms with Gasteiger partial charge in [-0.05, 0) is 138 Å². The number of halogens is 5. The van der Waals surface area contributed by atoms with Gasteiger partial charge in [0.15, 0.2) is 0 Å². The Morgan fingerprint density at radius 2 is 0.773 bits per heavy atom. The lowest BCUT2D eigenvalue weighted by atomic mass is 10.1. The number of para-hydroxylation sites is 3. The molecule has 18 rings (SSSR count). The monoisotopic (exact) mass is 1910 g/mol. The first-order valence-electron chi connectivity index (χ1n) is 46.5. The van der Waals surface area contributed by atoms with Gasteiger partial charge in [0.1, 0.15) is 58.4 Å². The molecule has 10 heterocycles. The fourth-order valence-electron chi connectivity index (χ4n) is 17.2. The summed E-state index contributed by atoms with van der Waals surface area (Å²) in [6, 6.07) is 69.0. The van der Waals surface area contributed by atoms with Gasteiger partial charge in [0, 0.05) is 164 Å². The molecular weight excluding hydrogens is 1800 g/mol. The first kappa shape index (κ1) is 99.3. The molecular formula is C108H113F5N20O8. The average molecular weight is 1910 g/mol. The molecule has 0 aliphatic carbocycles. The van der Waals surface area contributed by atoms with Crippen molar-refractivity contribution in [2.24, 2.45) is 51.9 Å². The highest BCUT2D eigenvalue weighted by Gasteiger charge is 2.30. The molecule has 28 nitrogen and oxygen atoms in total. The topological polar surface area (TPSA) is 287 Å². The number of benzene rings is 8. The van der Waals surface area contributed by atoms with Gasteiger partial charge in [-0.15, -0.1) is 0 Å². The zero-order chi connectivity index (χ0) is 101. The van der Waals surface area contributed by atoms with E-state index in [0.717, 1.165) is 89.5 Å². The summed E-state index contributed by atoms with van der Waals surface area (Å²) in [6.07, 6.45) is 11.8. The molecule has 18 aromatic rings. The Kier molecular flexibility index (Phi) is 29.6. The van der Waals surface area contributed by atoms with Crippen molar-refractivity contribution in [2.75, 3.05) is 21.3 Å². The molecule has 0 bridgehead atoms.